The van der Waals surface area contributed by atoms with Gasteiger partial charge in [-0.2, -0.15) is 0 Å². The number of carboxylic acids is 1. The molecule has 2 rings (SSSR count). The molecule has 5 nitrogen and oxygen atoms in total. The summed E-state index contributed by atoms with van der Waals surface area (Å²) >= 11 is 0. The average molecular weight is 275 g/mol. The first-order valence-corrected chi connectivity index (χ1v) is 6.46. The normalized spacial score (nSPS) is 14.7. The summed E-state index contributed by atoms with van der Waals surface area (Å²) in [6.07, 6.45) is 2.94. The summed E-state index contributed by atoms with van der Waals surface area (Å²) in [5.41, 5.74) is 1.81. The van der Waals surface area contributed by atoms with E-state index in [0.717, 1.165) is 6.42 Å². The Balaban J connectivity index is 2.06. The van der Waals surface area contributed by atoms with Crippen LogP contribution in [0.1, 0.15) is 23.7 Å². The minimum atomic E-state index is -1.04. The summed E-state index contributed by atoms with van der Waals surface area (Å²) in [5.74, 6) is -0.713. The molecule has 0 atom stereocenters. The van der Waals surface area contributed by atoms with Gasteiger partial charge in [0.1, 0.15) is 5.75 Å². The van der Waals surface area contributed by atoms with Crippen LogP contribution in [-0.2, 0) is 4.79 Å². The van der Waals surface area contributed by atoms with Gasteiger partial charge in [0.15, 0.2) is 6.61 Å². The van der Waals surface area contributed by atoms with Crippen molar-refractivity contribution >= 4 is 11.9 Å². The van der Waals surface area contributed by atoms with Crippen LogP contribution >= 0.6 is 0 Å². The maximum Gasteiger partial charge on any atom is 0.341 e. The molecule has 0 saturated heterocycles. The molecule has 1 aromatic rings. The molecule has 1 aliphatic heterocycles. The molecule has 1 amide bonds. The molecule has 0 fully saturated rings. The molecular formula is C15H17NO4. The van der Waals surface area contributed by atoms with E-state index < -0.39 is 12.6 Å². The van der Waals surface area contributed by atoms with Crippen LogP contribution in [0.2, 0.25) is 0 Å². The maximum atomic E-state index is 12.3. The first-order chi connectivity index (χ1) is 9.56. The topological polar surface area (TPSA) is 66.8 Å². The smallest absolute Gasteiger partial charge is 0.341 e. The van der Waals surface area contributed by atoms with Gasteiger partial charge in [-0.15, -0.1) is 0 Å². The lowest BCUT2D eigenvalue weighted by atomic mass is 10.1. The Hall–Kier alpha value is -2.30. The summed E-state index contributed by atoms with van der Waals surface area (Å²) in [4.78, 5) is 24.6. The predicted molar refractivity (Wildman–Crippen MR) is 73.9 cm³/mol. The van der Waals surface area contributed by atoms with Gasteiger partial charge in [-0.25, -0.2) is 4.79 Å². The van der Waals surface area contributed by atoms with Crippen LogP contribution in [0.3, 0.4) is 0 Å². The highest BCUT2D eigenvalue weighted by Crippen LogP contribution is 2.17. The summed E-state index contributed by atoms with van der Waals surface area (Å²) in [5, 5.41) is 8.58. The largest absolute Gasteiger partial charge is 0.482 e. The number of aliphatic carboxylic acids is 1. The molecule has 20 heavy (non-hydrogen) atoms. The summed E-state index contributed by atoms with van der Waals surface area (Å²) in [7, 11) is 0. The molecular weight excluding hydrogens is 258 g/mol. The van der Waals surface area contributed by atoms with E-state index in [0.29, 0.717) is 24.4 Å². The third-order valence-electron chi connectivity index (χ3n) is 3.17. The number of benzene rings is 1. The number of hydrogen-bond donors (Lipinski definition) is 1. The number of carbonyl (C=O) groups is 2. The molecule has 106 valence electrons. The number of hydrogen-bond acceptors (Lipinski definition) is 3. The maximum absolute atomic E-state index is 12.3. The van der Waals surface area contributed by atoms with Gasteiger partial charge < -0.3 is 14.7 Å². The first kappa shape index (κ1) is 14.1. The van der Waals surface area contributed by atoms with Crippen molar-refractivity contribution in [3.05, 3.63) is 41.5 Å². The fourth-order valence-electron chi connectivity index (χ4n) is 2.00. The zero-order valence-corrected chi connectivity index (χ0v) is 11.3. The average Bonchev–Trinajstić information content (AvgIpc) is 2.45. The Morgan fingerprint density at radius 2 is 2.20 bits per heavy atom. The summed E-state index contributed by atoms with van der Waals surface area (Å²) in [6, 6.07) is 6.62. The number of carboxylic acid groups (broad SMARTS) is 1. The molecule has 0 radical (unpaired) electrons. The van der Waals surface area contributed by atoms with Crippen LogP contribution < -0.4 is 4.74 Å². The first-order valence-electron chi connectivity index (χ1n) is 6.46. The highest BCUT2D eigenvalue weighted by molar-refractivity contribution is 5.94. The minimum absolute atomic E-state index is 0.0606. The molecule has 5 heteroatoms. The van der Waals surface area contributed by atoms with E-state index in [9.17, 15) is 9.59 Å². The number of ether oxygens (including phenoxy) is 1. The Kier molecular flexibility index (Phi) is 4.40. The van der Waals surface area contributed by atoms with E-state index >= 15 is 0 Å². The lowest BCUT2D eigenvalue weighted by Gasteiger charge is -2.25. The zero-order chi connectivity index (χ0) is 14.5. The Morgan fingerprint density at radius 1 is 1.40 bits per heavy atom. The van der Waals surface area contributed by atoms with Gasteiger partial charge in [0, 0.05) is 18.7 Å². The van der Waals surface area contributed by atoms with E-state index in [1.54, 1.807) is 29.2 Å². The third-order valence-corrected chi connectivity index (χ3v) is 3.17. The third kappa shape index (κ3) is 3.60. The van der Waals surface area contributed by atoms with Crippen molar-refractivity contribution in [2.75, 3.05) is 19.7 Å². The van der Waals surface area contributed by atoms with Crippen molar-refractivity contribution in [3.63, 3.8) is 0 Å². The molecule has 0 bridgehead atoms. The standard InChI is InChI=1S/C15H17NO4/c1-11-5-7-16(8-6-11)15(19)12-3-2-4-13(9-12)20-10-14(17)18/h2-5,9H,6-8,10H2,1H3,(H,17,18). The van der Waals surface area contributed by atoms with Crippen molar-refractivity contribution < 1.29 is 19.4 Å². The van der Waals surface area contributed by atoms with Crippen LogP contribution in [0.4, 0.5) is 0 Å². The highest BCUT2D eigenvalue weighted by atomic mass is 16.5. The number of rotatable bonds is 4. The Bertz CT molecular complexity index is 551. The molecule has 0 spiro atoms. The molecule has 1 N–H and O–H groups in total. The molecule has 0 aliphatic carbocycles. The van der Waals surface area contributed by atoms with Gasteiger partial charge in [-0.05, 0) is 31.5 Å². The van der Waals surface area contributed by atoms with Crippen LogP contribution in [0.15, 0.2) is 35.9 Å². The molecule has 1 heterocycles. The molecule has 0 aromatic heterocycles. The van der Waals surface area contributed by atoms with Crippen LogP contribution in [0, 0.1) is 0 Å². The van der Waals surface area contributed by atoms with Crippen LogP contribution in [0.25, 0.3) is 0 Å². The number of nitrogens with zero attached hydrogens (tertiary/aromatic N) is 1. The van der Waals surface area contributed by atoms with Gasteiger partial charge in [-0.3, -0.25) is 4.79 Å². The lowest BCUT2D eigenvalue weighted by molar-refractivity contribution is -0.139. The van der Waals surface area contributed by atoms with E-state index in [-0.39, 0.29) is 5.91 Å². The Morgan fingerprint density at radius 3 is 2.85 bits per heavy atom. The van der Waals surface area contributed by atoms with Crippen LogP contribution in [-0.4, -0.2) is 41.6 Å². The molecule has 1 aromatic carbocycles. The number of carbonyl (C=O) groups excluding carboxylic acids is 1. The Labute approximate surface area is 117 Å². The predicted octanol–water partition coefficient (Wildman–Crippen LogP) is 1.94. The fourth-order valence-corrected chi connectivity index (χ4v) is 2.00. The van der Waals surface area contributed by atoms with E-state index in [1.165, 1.54) is 5.57 Å². The molecule has 0 saturated carbocycles. The minimum Gasteiger partial charge on any atom is -0.482 e. The summed E-state index contributed by atoms with van der Waals surface area (Å²) < 4.78 is 5.08. The second-order valence-corrected chi connectivity index (χ2v) is 4.76. The van der Waals surface area contributed by atoms with Gasteiger partial charge in [0.25, 0.3) is 5.91 Å². The SMILES string of the molecule is CC1=CCN(C(=O)c2cccc(OCC(=O)O)c2)CC1. The number of amides is 1. The van der Waals surface area contributed by atoms with Crippen molar-refractivity contribution in [1.82, 2.24) is 4.90 Å². The van der Waals surface area contributed by atoms with Crippen molar-refractivity contribution in [3.8, 4) is 5.75 Å². The van der Waals surface area contributed by atoms with Gasteiger partial charge in [0.2, 0.25) is 0 Å². The van der Waals surface area contributed by atoms with Gasteiger partial charge >= 0.3 is 5.97 Å². The quantitative estimate of drug-likeness (QED) is 0.853. The molecule has 0 unspecified atom stereocenters. The summed E-state index contributed by atoms with van der Waals surface area (Å²) in [6.45, 7) is 2.97. The van der Waals surface area contributed by atoms with E-state index in [2.05, 4.69) is 6.92 Å². The zero-order valence-electron chi connectivity index (χ0n) is 11.3. The van der Waals surface area contributed by atoms with Crippen LogP contribution in [0.5, 0.6) is 5.75 Å². The van der Waals surface area contributed by atoms with Crippen molar-refractivity contribution in [2.24, 2.45) is 0 Å². The second-order valence-electron chi connectivity index (χ2n) is 4.76. The fraction of sp³-hybridized carbons (Fsp3) is 0.333. The van der Waals surface area contributed by atoms with Crippen molar-refractivity contribution in [1.29, 1.82) is 0 Å². The monoisotopic (exact) mass is 275 g/mol. The molecule has 1 aliphatic rings. The van der Waals surface area contributed by atoms with E-state index in [4.69, 9.17) is 9.84 Å². The van der Waals surface area contributed by atoms with Gasteiger partial charge in [-0.1, -0.05) is 17.7 Å². The second kappa shape index (κ2) is 6.23. The highest BCUT2D eigenvalue weighted by Gasteiger charge is 2.17. The van der Waals surface area contributed by atoms with Crippen molar-refractivity contribution in [2.45, 2.75) is 13.3 Å². The van der Waals surface area contributed by atoms with Gasteiger partial charge in [0.05, 0.1) is 0 Å². The van der Waals surface area contributed by atoms with E-state index in [1.807, 2.05) is 6.08 Å². The lowest BCUT2D eigenvalue weighted by Crippen LogP contribution is -2.34.